The van der Waals surface area contributed by atoms with Crippen LogP contribution in [0.4, 0.5) is 4.79 Å². The molecule has 0 atom stereocenters. The minimum atomic E-state index is -0.770. The molecular formula is C14H16O4. The summed E-state index contributed by atoms with van der Waals surface area (Å²) in [6.45, 7) is 5.33. The zero-order chi connectivity index (χ0) is 13.4. The molecule has 0 amide bonds. The molecule has 1 aromatic carbocycles. The summed E-state index contributed by atoms with van der Waals surface area (Å²) < 4.78 is 15.1. The van der Waals surface area contributed by atoms with E-state index in [2.05, 4.69) is 6.58 Å². The zero-order valence-electron chi connectivity index (χ0n) is 10.5. The van der Waals surface area contributed by atoms with Gasteiger partial charge in [0.15, 0.2) is 0 Å². The van der Waals surface area contributed by atoms with Crippen molar-refractivity contribution in [3.63, 3.8) is 0 Å². The van der Waals surface area contributed by atoms with Gasteiger partial charge in [-0.3, -0.25) is 0 Å². The van der Waals surface area contributed by atoms with Gasteiger partial charge in [0, 0.05) is 0 Å². The van der Waals surface area contributed by atoms with Gasteiger partial charge in [-0.25, -0.2) is 4.79 Å². The van der Waals surface area contributed by atoms with Gasteiger partial charge < -0.3 is 14.2 Å². The molecule has 1 rings (SSSR count). The van der Waals surface area contributed by atoms with Crippen molar-refractivity contribution in [1.29, 1.82) is 0 Å². The van der Waals surface area contributed by atoms with Gasteiger partial charge in [0.25, 0.3) is 0 Å². The molecule has 0 heterocycles. The fourth-order valence-corrected chi connectivity index (χ4v) is 1.36. The first-order valence-corrected chi connectivity index (χ1v) is 5.48. The number of rotatable bonds is 5. The number of methoxy groups -OCH3 is 1. The number of para-hydroxylation sites is 1. The SMILES string of the molecule is C=CCOC(=O)O/C(=C\C)c1ccccc1OC. The molecule has 4 heteroatoms. The van der Waals surface area contributed by atoms with Crippen LogP contribution in [0, 0.1) is 0 Å². The van der Waals surface area contributed by atoms with Gasteiger partial charge in [0.05, 0.1) is 12.7 Å². The number of carbonyl (C=O) groups excluding carboxylic acids is 1. The summed E-state index contributed by atoms with van der Waals surface area (Å²) in [5, 5.41) is 0. The van der Waals surface area contributed by atoms with Gasteiger partial charge in [0.1, 0.15) is 18.1 Å². The van der Waals surface area contributed by atoms with Crippen molar-refractivity contribution in [2.75, 3.05) is 13.7 Å². The van der Waals surface area contributed by atoms with Crippen LogP contribution in [-0.4, -0.2) is 19.9 Å². The molecule has 0 saturated heterocycles. The molecule has 0 unspecified atom stereocenters. The van der Waals surface area contributed by atoms with Gasteiger partial charge >= 0.3 is 6.16 Å². The monoisotopic (exact) mass is 248 g/mol. The summed E-state index contributed by atoms with van der Waals surface area (Å²) in [7, 11) is 1.56. The summed E-state index contributed by atoms with van der Waals surface area (Å²) in [6, 6.07) is 7.26. The molecule has 0 bridgehead atoms. The lowest BCUT2D eigenvalue weighted by Crippen LogP contribution is -2.07. The van der Waals surface area contributed by atoms with Crippen LogP contribution in [0.1, 0.15) is 12.5 Å². The van der Waals surface area contributed by atoms with Crippen molar-refractivity contribution in [2.45, 2.75) is 6.92 Å². The van der Waals surface area contributed by atoms with E-state index in [1.807, 2.05) is 12.1 Å². The lowest BCUT2D eigenvalue weighted by atomic mass is 10.1. The molecule has 0 aliphatic rings. The molecule has 0 aromatic heterocycles. The van der Waals surface area contributed by atoms with E-state index in [4.69, 9.17) is 14.2 Å². The standard InChI is InChI=1S/C14H16O4/c1-4-10-17-14(15)18-12(5-2)11-8-6-7-9-13(11)16-3/h4-9H,1,10H2,2-3H3/b12-5-. The largest absolute Gasteiger partial charge is 0.514 e. The molecule has 0 radical (unpaired) electrons. The van der Waals surface area contributed by atoms with Crippen molar-refractivity contribution >= 4 is 11.9 Å². The fourth-order valence-electron chi connectivity index (χ4n) is 1.36. The van der Waals surface area contributed by atoms with E-state index in [0.29, 0.717) is 17.1 Å². The molecular weight excluding hydrogens is 232 g/mol. The van der Waals surface area contributed by atoms with E-state index < -0.39 is 6.16 Å². The van der Waals surface area contributed by atoms with Crippen molar-refractivity contribution in [2.24, 2.45) is 0 Å². The van der Waals surface area contributed by atoms with Crippen molar-refractivity contribution in [3.05, 3.63) is 48.6 Å². The van der Waals surface area contributed by atoms with Gasteiger partial charge in [-0.1, -0.05) is 24.8 Å². The topological polar surface area (TPSA) is 44.8 Å². The molecule has 0 spiro atoms. The predicted octanol–water partition coefficient (Wildman–Crippen LogP) is 3.40. The van der Waals surface area contributed by atoms with E-state index in [0.717, 1.165) is 0 Å². The summed E-state index contributed by atoms with van der Waals surface area (Å²) in [5.74, 6) is 1.02. The van der Waals surface area contributed by atoms with Crippen molar-refractivity contribution in [1.82, 2.24) is 0 Å². The number of ether oxygens (including phenoxy) is 3. The zero-order valence-corrected chi connectivity index (χ0v) is 10.5. The minimum Gasteiger partial charge on any atom is -0.496 e. The maximum Gasteiger partial charge on any atom is 0.514 e. The fraction of sp³-hybridized carbons (Fsp3) is 0.214. The van der Waals surface area contributed by atoms with Crippen LogP contribution in [0.3, 0.4) is 0 Å². The van der Waals surface area contributed by atoms with Gasteiger partial charge in [-0.15, -0.1) is 0 Å². The number of allylic oxidation sites excluding steroid dienone is 1. The minimum absolute atomic E-state index is 0.113. The normalized spacial score (nSPS) is 10.7. The highest BCUT2D eigenvalue weighted by Gasteiger charge is 2.13. The van der Waals surface area contributed by atoms with Crippen LogP contribution in [0.25, 0.3) is 5.76 Å². The second-order valence-electron chi connectivity index (χ2n) is 3.30. The van der Waals surface area contributed by atoms with E-state index in [9.17, 15) is 4.79 Å². The Morgan fingerprint density at radius 2 is 2.11 bits per heavy atom. The molecule has 0 fully saturated rings. The smallest absolute Gasteiger partial charge is 0.496 e. The lowest BCUT2D eigenvalue weighted by molar-refractivity contribution is 0.100. The van der Waals surface area contributed by atoms with Gasteiger partial charge in [0.2, 0.25) is 0 Å². The first-order valence-electron chi connectivity index (χ1n) is 5.48. The highest BCUT2D eigenvalue weighted by molar-refractivity contribution is 5.75. The highest BCUT2D eigenvalue weighted by atomic mass is 16.7. The third-order valence-corrected chi connectivity index (χ3v) is 2.15. The van der Waals surface area contributed by atoms with Crippen LogP contribution >= 0.6 is 0 Å². The average molecular weight is 248 g/mol. The van der Waals surface area contributed by atoms with E-state index in [1.165, 1.54) is 6.08 Å². The quantitative estimate of drug-likeness (QED) is 0.455. The van der Waals surface area contributed by atoms with Crippen LogP contribution in [-0.2, 0) is 9.47 Å². The van der Waals surface area contributed by atoms with E-state index >= 15 is 0 Å². The Morgan fingerprint density at radius 1 is 1.39 bits per heavy atom. The molecule has 18 heavy (non-hydrogen) atoms. The highest BCUT2D eigenvalue weighted by Crippen LogP contribution is 2.26. The molecule has 0 aliphatic carbocycles. The van der Waals surface area contributed by atoms with Gasteiger partial charge in [-0.2, -0.15) is 0 Å². The number of benzene rings is 1. The number of hydrogen-bond donors (Lipinski definition) is 0. The number of hydrogen-bond acceptors (Lipinski definition) is 4. The summed E-state index contributed by atoms with van der Waals surface area (Å²) in [4.78, 5) is 11.4. The second-order valence-corrected chi connectivity index (χ2v) is 3.30. The third-order valence-electron chi connectivity index (χ3n) is 2.15. The molecule has 4 nitrogen and oxygen atoms in total. The molecule has 96 valence electrons. The molecule has 0 saturated carbocycles. The maximum atomic E-state index is 11.4. The van der Waals surface area contributed by atoms with Crippen LogP contribution in [0.2, 0.25) is 0 Å². The summed E-state index contributed by atoms with van der Waals surface area (Å²) in [6.07, 6.45) is 2.38. The Hall–Kier alpha value is -2.23. The summed E-state index contributed by atoms with van der Waals surface area (Å²) >= 11 is 0. The first-order chi connectivity index (χ1) is 8.72. The van der Waals surface area contributed by atoms with Crippen LogP contribution in [0.5, 0.6) is 5.75 Å². The average Bonchev–Trinajstić information content (AvgIpc) is 2.42. The molecule has 0 N–H and O–H groups in total. The van der Waals surface area contributed by atoms with Crippen LogP contribution < -0.4 is 4.74 Å². The van der Waals surface area contributed by atoms with Gasteiger partial charge in [-0.05, 0) is 25.1 Å². The van der Waals surface area contributed by atoms with Crippen molar-refractivity contribution < 1.29 is 19.0 Å². The Bertz CT molecular complexity index is 449. The van der Waals surface area contributed by atoms with Crippen LogP contribution in [0.15, 0.2) is 43.0 Å². The Kier molecular flexibility index (Phi) is 5.51. The number of carbonyl (C=O) groups is 1. The Labute approximate surface area is 106 Å². The van der Waals surface area contributed by atoms with E-state index in [1.54, 1.807) is 32.2 Å². The summed E-state index contributed by atoms with van der Waals surface area (Å²) in [5.41, 5.74) is 0.693. The maximum absolute atomic E-state index is 11.4. The lowest BCUT2D eigenvalue weighted by Gasteiger charge is -2.11. The molecule has 1 aromatic rings. The predicted molar refractivity (Wildman–Crippen MR) is 69.3 cm³/mol. The second kappa shape index (κ2) is 7.17. The third kappa shape index (κ3) is 3.66. The first kappa shape index (κ1) is 13.8. The molecule has 0 aliphatic heterocycles. The van der Waals surface area contributed by atoms with E-state index in [-0.39, 0.29) is 6.61 Å². The Balaban J connectivity index is 2.84. The van der Waals surface area contributed by atoms with Crippen molar-refractivity contribution in [3.8, 4) is 5.75 Å². The Morgan fingerprint density at radius 3 is 2.72 bits per heavy atom.